The number of nitrogens with zero attached hydrogens (tertiary/aromatic N) is 4. The second-order valence-corrected chi connectivity index (χ2v) is 7.17. The van der Waals surface area contributed by atoms with E-state index in [4.69, 9.17) is 9.47 Å². The molecule has 9 nitrogen and oxygen atoms in total. The zero-order valence-electron chi connectivity index (χ0n) is 15.0. The first-order chi connectivity index (χ1) is 13.5. The first kappa shape index (κ1) is 18.1. The number of aromatic nitrogens is 3. The third kappa shape index (κ3) is 3.58. The summed E-state index contributed by atoms with van der Waals surface area (Å²) in [6, 6.07) is 8.43. The molecule has 0 aliphatic carbocycles. The van der Waals surface area contributed by atoms with Gasteiger partial charge < -0.3 is 9.47 Å². The second-order valence-electron chi connectivity index (χ2n) is 6.13. The van der Waals surface area contributed by atoms with Crippen molar-refractivity contribution in [3.63, 3.8) is 0 Å². The van der Waals surface area contributed by atoms with Crippen LogP contribution in [0.3, 0.4) is 0 Å². The van der Waals surface area contributed by atoms with E-state index < -0.39 is 5.97 Å². The molecule has 0 spiro atoms. The monoisotopic (exact) mass is 400 g/mol. The van der Waals surface area contributed by atoms with Crippen molar-refractivity contribution in [2.75, 3.05) is 18.1 Å². The van der Waals surface area contributed by atoms with Crippen molar-refractivity contribution in [2.24, 2.45) is 0 Å². The quantitative estimate of drug-likeness (QED) is 0.609. The number of aryl methyl sites for hydroxylation is 1. The molecule has 0 saturated heterocycles. The molecule has 1 amide bonds. The maximum Gasteiger partial charge on any atom is 0.326 e. The van der Waals surface area contributed by atoms with Gasteiger partial charge in [0, 0.05) is 11.8 Å². The molecule has 144 valence electrons. The van der Waals surface area contributed by atoms with Crippen LogP contribution < -0.4 is 15.2 Å². The number of hydrogen-bond acceptors (Lipinski definition) is 8. The molecule has 0 N–H and O–H groups in total. The van der Waals surface area contributed by atoms with Crippen LogP contribution in [-0.2, 0) is 20.9 Å². The average molecular weight is 400 g/mol. The Hall–Kier alpha value is -3.27. The summed E-state index contributed by atoms with van der Waals surface area (Å²) in [6.45, 7) is 1.64. The van der Waals surface area contributed by atoms with E-state index in [1.807, 2.05) is 0 Å². The van der Waals surface area contributed by atoms with E-state index >= 15 is 0 Å². The number of rotatable bonds is 4. The molecule has 3 aromatic rings. The zero-order valence-corrected chi connectivity index (χ0v) is 15.8. The Kier molecular flexibility index (Phi) is 4.78. The summed E-state index contributed by atoms with van der Waals surface area (Å²) in [5.74, 6) is -0.248. The highest BCUT2D eigenvalue weighted by Crippen LogP contribution is 2.30. The first-order valence-electron chi connectivity index (χ1n) is 8.55. The molecule has 0 fully saturated rings. The molecule has 0 unspecified atom stereocenters. The predicted octanol–water partition coefficient (Wildman–Crippen LogP) is 1.32. The summed E-state index contributed by atoms with van der Waals surface area (Å²) >= 11 is 1.17. The SMILES string of the molecule is Cc1cc(=O)n2nc(COC(=O)CN3C(=O)CCOc4ccccc43)sc2n1. The molecular formula is C18H16N4O5S. The molecule has 1 aliphatic rings. The number of carbonyl (C=O) groups is 2. The lowest BCUT2D eigenvalue weighted by Gasteiger charge is -2.20. The summed E-state index contributed by atoms with van der Waals surface area (Å²) in [6.07, 6.45) is 0.174. The number of fused-ring (bicyclic) bond motifs is 2. The minimum Gasteiger partial charge on any atom is -0.491 e. The van der Waals surface area contributed by atoms with Crippen LogP contribution in [-0.4, -0.2) is 39.6 Å². The van der Waals surface area contributed by atoms with Gasteiger partial charge in [-0.1, -0.05) is 23.5 Å². The van der Waals surface area contributed by atoms with Crippen LogP contribution in [0.4, 0.5) is 5.69 Å². The van der Waals surface area contributed by atoms with Gasteiger partial charge in [0.05, 0.1) is 18.7 Å². The number of para-hydroxylation sites is 2. The van der Waals surface area contributed by atoms with E-state index in [9.17, 15) is 14.4 Å². The van der Waals surface area contributed by atoms with Crippen molar-refractivity contribution >= 4 is 33.9 Å². The Balaban J connectivity index is 1.47. The third-order valence-electron chi connectivity index (χ3n) is 4.09. The summed E-state index contributed by atoms with van der Waals surface area (Å²) in [5, 5.41) is 4.56. The molecule has 0 radical (unpaired) electrons. The van der Waals surface area contributed by atoms with Gasteiger partial charge >= 0.3 is 5.97 Å². The Morgan fingerprint density at radius 3 is 3.00 bits per heavy atom. The maximum atomic E-state index is 12.4. The van der Waals surface area contributed by atoms with E-state index in [1.165, 1.54) is 26.8 Å². The van der Waals surface area contributed by atoms with Gasteiger partial charge in [0.2, 0.25) is 10.9 Å². The highest BCUT2D eigenvalue weighted by Gasteiger charge is 2.25. The van der Waals surface area contributed by atoms with E-state index in [0.717, 1.165) is 0 Å². The van der Waals surface area contributed by atoms with Crippen molar-refractivity contribution in [3.8, 4) is 5.75 Å². The minimum absolute atomic E-state index is 0.106. The van der Waals surface area contributed by atoms with Crippen LogP contribution in [0.15, 0.2) is 35.1 Å². The number of benzene rings is 1. The number of ether oxygens (including phenoxy) is 2. The maximum absolute atomic E-state index is 12.4. The zero-order chi connectivity index (χ0) is 19.7. The van der Waals surface area contributed by atoms with Crippen molar-refractivity contribution in [1.82, 2.24) is 14.6 Å². The Labute approximate surface area is 163 Å². The molecular weight excluding hydrogens is 384 g/mol. The lowest BCUT2D eigenvalue weighted by atomic mass is 10.2. The second kappa shape index (κ2) is 7.39. The molecule has 2 aromatic heterocycles. The van der Waals surface area contributed by atoms with Crippen LogP contribution >= 0.6 is 11.3 Å². The third-order valence-corrected chi connectivity index (χ3v) is 4.97. The highest BCUT2D eigenvalue weighted by molar-refractivity contribution is 7.16. The van der Waals surface area contributed by atoms with Crippen molar-refractivity contribution in [1.29, 1.82) is 0 Å². The lowest BCUT2D eigenvalue weighted by molar-refractivity contribution is -0.144. The normalized spacial score (nSPS) is 13.8. The summed E-state index contributed by atoms with van der Waals surface area (Å²) in [5.41, 5.74) is 0.842. The van der Waals surface area contributed by atoms with E-state index in [2.05, 4.69) is 10.1 Å². The van der Waals surface area contributed by atoms with Gasteiger partial charge in [-0.15, -0.1) is 0 Å². The minimum atomic E-state index is -0.583. The van der Waals surface area contributed by atoms with Gasteiger partial charge in [-0.05, 0) is 19.1 Å². The fraction of sp³-hybridized carbons (Fsp3) is 0.278. The molecule has 1 aliphatic heterocycles. The summed E-state index contributed by atoms with van der Waals surface area (Å²) in [4.78, 5) is 42.6. The Morgan fingerprint density at radius 2 is 2.14 bits per heavy atom. The Bertz CT molecular complexity index is 1120. The standard InChI is InChI=1S/C18H16N4O5S/c1-11-8-16(24)22-18(19-11)28-14(20-22)10-27-17(25)9-21-12-4-2-3-5-13(12)26-7-6-15(21)23/h2-5,8H,6-7,9-10H2,1H3. The predicted molar refractivity (Wildman–Crippen MR) is 101 cm³/mol. The number of hydrogen-bond donors (Lipinski definition) is 0. The van der Waals surface area contributed by atoms with Crippen molar-refractivity contribution in [3.05, 3.63) is 51.4 Å². The molecule has 0 saturated carbocycles. The van der Waals surface area contributed by atoms with Gasteiger partial charge in [-0.2, -0.15) is 9.61 Å². The number of amides is 1. The van der Waals surface area contributed by atoms with E-state index in [1.54, 1.807) is 31.2 Å². The van der Waals surface area contributed by atoms with Crippen LogP contribution in [0.1, 0.15) is 17.1 Å². The molecule has 0 atom stereocenters. The molecule has 3 heterocycles. The Morgan fingerprint density at radius 1 is 1.32 bits per heavy atom. The molecule has 4 rings (SSSR count). The highest BCUT2D eigenvalue weighted by atomic mass is 32.1. The van der Waals surface area contributed by atoms with E-state index in [0.29, 0.717) is 27.1 Å². The molecule has 1 aromatic carbocycles. The van der Waals surface area contributed by atoms with Crippen LogP contribution in [0.5, 0.6) is 5.75 Å². The fourth-order valence-electron chi connectivity index (χ4n) is 2.83. The number of carbonyl (C=O) groups excluding carboxylic acids is 2. The molecule has 28 heavy (non-hydrogen) atoms. The van der Waals surface area contributed by atoms with Crippen molar-refractivity contribution in [2.45, 2.75) is 20.0 Å². The largest absolute Gasteiger partial charge is 0.491 e. The topological polar surface area (TPSA) is 103 Å². The lowest BCUT2D eigenvalue weighted by Crippen LogP contribution is -2.36. The van der Waals surface area contributed by atoms with Crippen LogP contribution in [0.2, 0.25) is 0 Å². The smallest absolute Gasteiger partial charge is 0.326 e. The van der Waals surface area contributed by atoms with Gasteiger partial charge in [0.15, 0.2) is 5.01 Å². The van der Waals surface area contributed by atoms with Crippen LogP contribution in [0.25, 0.3) is 4.96 Å². The van der Waals surface area contributed by atoms with Gasteiger partial charge in [-0.3, -0.25) is 19.3 Å². The number of anilines is 1. The first-order valence-corrected chi connectivity index (χ1v) is 9.37. The van der Waals surface area contributed by atoms with Gasteiger partial charge in [0.1, 0.15) is 18.9 Å². The van der Waals surface area contributed by atoms with Gasteiger partial charge in [0.25, 0.3) is 5.56 Å². The average Bonchev–Trinajstić information content (AvgIpc) is 3.01. The fourth-order valence-corrected chi connectivity index (χ4v) is 3.69. The summed E-state index contributed by atoms with van der Waals surface area (Å²) in [7, 11) is 0. The number of esters is 1. The molecule has 10 heteroatoms. The van der Waals surface area contributed by atoms with E-state index in [-0.39, 0.29) is 37.6 Å². The van der Waals surface area contributed by atoms with Gasteiger partial charge in [-0.25, -0.2) is 4.98 Å². The van der Waals surface area contributed by atoms with Crippen molar-refractivity contribution < 1.29 is 19.1 Å². The summed E-state index contributed by atoms with van der Waals surface area (Å²) < 4.78 is 12.0. The van der Waals surface area contributed by atoms with Crippen LogP contribution in [0, 0.1) is 6.92 Å². The molecule has 0 bridgehead atoms.